The third-order valence-corrected chi connectivity index (χ3v) is 4.52. The summed E-state index contributed by atoms with van der Waals surface area (Å²) in [5.41, 5.74) is 1.43. The van der Waals surface area contributed by atoms with Crippen LogP contribution in [0.2, 0.25) is 0 Å². The van der Waals surface area contributed by atoms with Crippen molar-refractivity contribution >= 4 is 0 Å². The van der Waals surface area contributed by atoms with E-state index < -0.39 is 0 Å². The van der Waals surface area contributed by atoms with Gasteiger partial charge >= 0.3 is 0 Å². The van der Waals surface area contributed by atoms with Crippen LogP contribution in [0.3, 0.4) is 0 Å². The van der Waals surface area contributed by atoms with Crippen molar-refractivity contribution in [3.05, 3.63) is 35.9 Å². The van der Waals surface area contributed by atoms with Gasteiger partial charge in [-0.1, -0.05) is 36.3 Å². The first-order chi connectivity index (χ1) is 9.35. The van der Waals surface area contributed by atoms with Crippen LogP contribution in [0, 0.1) is 24.2 Å². The van der Waals surface area contributed by atoms with Gasteiger partial charge in [-0.15, -0.1) is 6.42 Å². The predicted molar refractivity (Wildman–Crippen MR) is 78.6 cm³/mol. The fourth-order valence-electron chi connectivity index (χ4n) is 3.58. The minimum Gasteiger partial charge on any atom is -0.299 e. The Morgan fingerprint density at radius 3 is 2.58 bits per heavy atom. The highest BCUT2D eigenvalue weighted by Crippen LogP contribution is 2.31. The van der Waals surface area contributed by atoms with E-state index in [9.17, 15) is 0 Å². The number of hydrogen-bond acceptors (Lipinski definition) is 2. The average Bonchev–Trinajstić information content (AvgIpc) is 2.82. The highest BCUT2D eigenvalue weighted by atomic mass is 15.2. The Hall–Kier alpha value is -1.30. The standard InChI is InChI=1S/C17H22N2/c1-2-9-18-12-16-8-10-19(14-17(16)13-18)11-15-6-4-3-5-7-15/h1,3-7,16-17H,8-14H2. The van der Waals surface area contributed by atoms with E-state index in [-0.39, 0.29) is 0 Å². The van der Waals surface area contributed by atoms with E-state index in [2.05, 4.69) is 46.1 Å². The Balaban J connectivity index is 1.56. The molecule has 19 heavy (non-hydrogen) atoms. The number of fused-ring (bicyclic) bond motifs is 1. The van der Waals surface area contributed by atoms with Gasteiger partial charge < -0.3 is 0 Å². The maximum atomic E-state index is 5.43. The van der Waals surface area contributed by atoms with Crippen LogP contribution in [0.25, 0.3) is 0 Å². The molecule has 1 aromatic carbocycles. The van der Waals surface area contributed by atoms with Gasteiger partial charge in [0, 0.05) is 26.2 Å². The second-order valence-electron chi connectivity index (χ2n) is 5.93. The highest BCUT2D eigenvalue weighted by molar-refractivity contribution is 5.14. The molecule has 2 heteroatoms. The quantitative estimate of drug-likeness (QED) is 0.762. The summed E-state index contributed by atoms with van der Waals surface area (Å²) < 4.78 is 0. The first-order valence-electron chi connectivity index (χ1n) is 7.27. The van der Waals surface area contributed by atoms with Crippen molar-refractivity contribution < 1.29 is 0 Å². The van der Waals surface area contributed by atoms with Crippen LogP contribution in [0.15, 0.2) is 30.3 Å². The number of likely N-dealkylation sites (tertiary alicyclic amines) is 2. The molecule has 1 aromatic rings. The summed E-state index contributed by atoms with van der Waals surface area (Å²) in [6, 6.07) is 10.8. The highest BCUT2D eigenvalue weighted by Gasteiger charge is 2.36. The molecule has 0 N–H and O–H groups in total. The van der Waals surface area contributed by atoms with Crippen LogP contribution in [0.1, 0.15) is 12.0 Å². The Labute approximate surface area is 116 Å². The maximum absolute atomic E-state index is 5.43. The Bertz CT molecular complexity index is 448. The zero-order chi connectivity index (χ0) is 13.1. The molecule has 0 aliphatic carbocycles. The van der Waals surface area contributed by atoms with Gasteiger partial charge in [-0.05, 0) is 30.4 Å². The van der Waals surface area contributed by atoms with Gasteiger partial charge in [-0.2, -0.15) is 0 Å². The van der Waals surface area contributed by atoms with Crippen molar-refractivity contribution in [3.63, 3.8) is 0 Å². The molecule has 2 aliphatic rings. The molecule has 0 amide bonds. The average molecular weight is 254 g/mol. The molecule has 0 radical (unpaired) electrons. The normalized spacial score (nSPS) is 27.9. The second kappa shape index (κ2) is 5.77. The summed E-state index contributed by atoms with van der Waals surface area (Å²) >= 11 is 0. The molecule has 3 rings (SSSR count). The zero-order valence-corrected chi connectivity index (χ0v) is 11.5. The first kappa shape index (κ1) is 12.7. The van der Waals surface area contributed by atoms with E-state index >= 15 is 0 Å². The fourth-order valence-corrected chi connectivity index (χ4v) is 3.58. The van der Waals surface area contributed by atoms with Gasteiger partial charge in [-0.3, -0.25) is 9.80 Å². The van der Waals surface area contributed by atoms with E-state index in [1.807, 2.05) is 0 Å². The molecule has 0 saturated carbocycles. The summed E-state index contributed by atoms with van der Waals surface area (Å²) in [4.78, 5) is 5.05. The lowest BCUT2D eigenvalue weighted by Gasteiger charge is -2.34. The number of hydrogen-bond donors (Lipinski definition) is 0. The fraction of sp³-hybridized carbons (Fsp3) is 0.529. The molecule has 2 fully saturated rings. The minimum absolute atomic E-state index is 0.825. The van der Waals surface area contributed by atoms with Gasteiger partial charge in [0.25, 0.3) is 0 Å². The van der Waals surface area contributed by atoms with E-state index in [0.717, 1.165) is 24.9 Å². The third kappa shape index (κ3) is 3.00. The Kier molecular flexibility index (Phi) is 3.87. The van der Waals surface area contributed by atoms with Crippen LogP contribution in [-0.4, -0.2) is 42.5 Å². The minimum atomic E-state index is 0.825. The molecular formula is C17H22N2. The van der Waals surface area contributed by atoms with Crippen LogP contribution in [0.4, 0.5) is 0 Å². The SMILES string of the molecule is C#CCN1CC2CCN(Cc3ccccc3)CC2C1. The van der Waals surface area contributed by atoms with Gasteiger partial charge in [0.2, 0.25) is 0 Å². The lowest BCUT2D eigenvalue weighted by Crippen LogP contribution is -2.39. The summed E-state index contributed by atoms with van der Waals surface area (Å²) in [5.74, 6) is 4.48. The van der Waals surface area contributed by atoms with Crippen molar-refractivity contribution in [3.8, 4) is 12.3 Å². The number of rotatable bonds is 3. The summed E-state index contributed by atoms with van der Waals surface area (Å²) in [6.45, 7) is 6.81. The van der Waals surface area contributed by atoms with Crippen LogP contribution in [0.5, 0.6) is 0 Å². The number of benzene rings is 1. The molecule has 0 bridgehead atoms. The summed E-state index contributed by atoms with van der Waals surface area (Å²) in [6.07, 6.45) is 6.76. The summed E-state index contributed by atoms with van der Waals surface area (Å²) in [7, 11) is 0. The van der Waals surface area contributed by atoms with Crippen molar-refractivity contribution in [2.24, 2.45) is 11.8 Å². The molecular weight excluding hydrogens is 232 g/mol. The number of piperidine rings is 1. The maximum Gasteiger partial charge on any atom is 0.0599 e. The van der Waals surface area contributed by atoms with Gasteiger partial charge in [0.1, 0.15) is 0 Å². The van der Waals surface area contributed by atoms with Gasteiger partial charge in [0.15, 0.2) is 0 Å². The molecule has 2 heterocycles. The van der Waals surface area contributed by atoms with Gasteiger partial charge in [0.05, 0.1) is 6.54 Å². The van der Waals surface area contributed by atoms with Crippen LogP contribution < -0.4 is 0 Å². The molecule has 0 spiro atoms. The van der Waals surface area contributed by atoms with E-state index in [1.165, 1.54) is 38.2 Å². The third-order valence-electron chi connectivity index (χ3n) is 4.52. The Morgan fingerprint density at radius 2 is 1.79 bits per heavy atom. The first-order valence-corrected chi connectivity index (χ1v) is 7.27. The smallest absolute Gasteiger partial charge is 0.0599 e. The predicted octanol–water partition coefficient (Wildman–Crippen LogP) is 2.07. The zero-order valence-electron chi connectivity index (χ0n) is 11.5. The molecule has 100 valence electrons. The molecule has 2 unspecified atom stereocenters. The molecule has 2 nitrogen and oxygen atoms in total. The van der Waals surface area contributed by atoms with Crippen LogP contribution in [-0.2, 0) is 6.54 Å². The van der Waals surface area contributed by atoms with Crippen molar-refractivity contribution in [1.29, 1.82) is 0 Å². The Morgan fingerprint density at radius 1 is 1.05 bits per heavy atom. The van der Waals surface area contributed by atoms with Crippen molar-refractivity contribution in [2.75, 3.05) is 32.7 Å². The molecule has 2 atom stereocenters. The lowest BCUT2D eigenvalue weighted by atomic mass is 9.88. The van der Waals surface area contributed by atoms with Crippen LogP contribution >= 0.6 is 0 Å². The second-order valence-corrected chi connectivity index (χ2v) is 5.93. The van der Waals surface area contributed by atoms with Crippen molar-refractivity contribution in [1.82, 2.24) is 9.80 Å². The molecule has 2 saturated heterocycles. The topological polar surface area (TPSA) is 6.48 Å². The number of nitrogens with zero attached hydrogens (tertiary/aromatic N) is 2. The van der Waals surface area contributed by atoms with E-state index in [1.54, 1.807) is 0 Å². The lowest BCUT2D eigenvalue weighted by molar-refractivity contribution is 0.142. The summed E-state index contributed by atoms with van der Waals surface area (Å²) in [5, 5.41) is 0. The number of terminal acetylenes is 1. The largest absolute Gasteiger partial charge is 0.299 e. The molecule has 0 aromatic heterocycles. The van der Waals surface area contributed by atoms with Gasteiger partial charge in [-0.25, -0.2) is 0 Å². The monoisotopic (exact) mass is 254 g/mol. The van der Waals surface area contributed by atoms with Crippen molar-refractivity contribution in [2.45, 2.75) is 13.0 Å². The molecule has 2 aliphatic heterocycles. The van der Waals surface area contributed by atoms with E-state index in [4.69, 9.17) is 6.42 Å². The van der Waals surface area contributed by atoms with E-state index in [0.29, 0.717) is 0 Å².